The van der Waals surface area contributed by atoms with Gasteiger partial charge in [-0.05, 0) is 52.4 Å². The van der Waals surface area contributed by atoms with Crippen LogP contribution in [0.2, 0.25) is 0 Å². The number of rotatable bonds is 5. The Morgan fingerprint density at radius 1 is 1.25 bits per heavy atom. The highest BCUT2D eigenvalue weighted by Gasteiger charge is 2.28. The van der Waals surface area contributed by atoms with Gasteiger partial charge in [0.15, 0.2) is 0 Å². The van der Waals surface area contributed by atoms with E-state index in [2.05, 4.69) is 48.9 Å². The van der Waals surface area contributed by atoms with Gasteiger partial charge in [0, 0.05) is 11.6 Å². The number of nitrogens with one attached hydrogen (secondary N) is 1. The second-order valence-electron chi connectivity index (χ2n) is 6.37. The fourth-order valence-corrected chi connectivity index (χ4v) is 2.46. The van der Waals surface area contributed by atoms with Crippen LogP contribution in [0.25, 0.3) is 0 Å². The quantitative estimate of drug-likeness (QED) is 0.698. The van der Waals surface area contributed by atoms with Crippen molar-refractivity contribution in [3.05, 3.63) is 33.8 Å². The predicted octanol–water partition coefficient (Wildman–Crippen LogP) is 5.45. The van der Waals surface area contributed by atoms with E-state index in [1.807, 2.05) is 6.92 Å². The summed E-state index contributed by atoms with van der Waals surface area (Å²) in [6, 6.07) is 2.41. The molecule has 20 heavy (non-hydrogen) atoms. The van der Waals surface area contributed by atoms with Crippen LogP contribution in [0.5, 0.6) is 0 Å². The molecule has 0 aromatic heterocycles. The van der Waals surface area contributed by atoms with Crippen molar-refractivity contribution in [3.8, 4) is 0 Å². The highest BCUT2D eigenvalue weighted by atomic mass is 79.9. The lowest BCUT2D eigenvalue weighted by molar-refractivity contribution is 0.221. The van der Waals surface area contributed by atoms with Crippen LogP contribution in [0.3, 0.4) is 0 Å². The van der Waals surface area contributed by atoms with E-state index in [9.17, 15) is 8.78 Å². The van der Waals surface area contributed by atoms with Gasteiger partial charge in [-0.25, -0.2) is 8.78 Å². The fourth-order valence-electron chi connectivity index (χ4n) is 2.12. The summed E-state index contributed by atoms with van der Waals surface area (Å²) in [4.78, 5) is 0. The zero-order chi connectivity index (χ0) is 15.5. The first kappa shape index (κ1) is 17.6. The van der Waals surface area contributed by atoms with Crippen molar-refractivity contribution in [2.24, 2.45) is 11.3 Å². The van der Waals surface area contributed by atoms with E-state index in [1.54, 1.807) is 0 Å². The lowest BCUT2D eigenvalue weighted by Crippen LogP contribution is -2.29. The Balaban J connectivity index is 3.12. The molecule has 0 aliphatic heterocycles. The highest BCUT2D eigenvalue weighted by molar-refractivity contribution is 9.10. The van der Waals surface area contributed by atoms with E-state index in [4.69, 9.17) is 0 Å². The highest BCUT2D eigenvalue weighted by Crippen LogP contribution is 2.36. The standard InChI is InChI=1S/C16H24BrF2N/c1-6-20-13(9-10(2)16(3,4)5)14-12(18)8-7-11(17)15(14)19/h7-8,10,13,20H,6,9H2,1-5H3. The smallest absolute Gasteiger partial charge is 0.145 e. The summed E-state index contributed by atoms with van der Waals surface area (Å²) in [5, 5.41) is 3.21. The first-order chi connectivity index (χ1) is 9.18. The molecule has 0 saturated carbocycles. The van der Waals surface area contributed by atoms with Gasteiger partial charge in [0.1, 0.15) is 11.6 Å². The van der Waals surface area contributed by atoms with E-state index in [1.165, 1.54) is 12.1 Å². The summed E-state index contributed by atoms with van der Waals surface area (Å²) in [6.45, 7) is 11.2. The van der Waals surface area contributed by atoms with Gasteiger partial charge in [0.25, 0.3) is 0 Å². The van der Waals surface area contributed by atoms with Gasteiger partial charge in [-0.3, -0.25) is 0 Å². The molecule has 1 aromatic carbocycles. The minimum absolute atomic E-state index is 0.104. The van der Waals surface area contributed by atoms with E-state index in [-0.39, 0.29) is 17.0 Å². The Hall–Kier alpha value is -0.480. The van der Waals surface area contributed by atoms with Gasteiger partial charge in [-0.1, -0.05) is 34.6 Å². The molecule has 114 valence electrons. The molecule has 1 aromatic rings. The van der Waals surface area contributed by atoms with Crippen LogP contribution in [0.15, 0.2) is 16.6 Å². The first-order valence-electron chi connectivity index (χ1n) is 7.05. The average molecular weight is 348 g/mol. The summed E-state index contributed by atoms with van der Waals surface area (Å²) in [5.41, 5.74) is 0.240. The van der Waals surface area contributed by atoms with Crippen LogP contribution >= 0.6 is 15.9 Å². The molecule has 0 spiro atoms. The van der Waals surface area contributed by atoms with Crippen molar-refractivity contribution in [1.29, 1.82) is 0 Å². The summed E-state index contributed by atoms with van der Waals surface area (Å²) >= 11 is 3.14. The molecular weight excluding hydrogens is 324 g/mol. The van der Waals surface area contributed by atoms with E-state index in [0.717, 1.165) is 0 Å². The monoisotopic (exact) mass is 347 g/mol. The minimum atomic E-state index is -0.503. The van der Waals surface area contributed by atoms with E-state index >= 15 is 0 Å². The van der Waals surface area contributed by atoms with Crippen LogP contribution in [-0.2, 0) is 0 Å². The second kappa shape index (κ2) is 6.99. The summed E-state index contributed by atoms with van der Waals surface area (Å²) in [5.74, 6) is -0.654. The molecule has 0 aliphatic rings. The zero-order valence-electron chi connectivity index (χ0n) is 12.9. The molecule has 0 heterocycles. The largest absolute Gasteiger partial charge is 0.310 e. The summed E-state index contributed by atoms with van der Waals surface area (Å²) < 4.78 is 28.6. The van der Waals surface area contributed by atoms with E-state index < -0.39 is 11.6 Å². The Morgan fingerprint density at radius 2 is 1.85 bits per heavy atom. The van der Waals surface area contributed by atoms with Crippen LogP contribution in [-0.4, -0.2) is 6.54 Å². The average Bonchev–Trinajstić information content (AvgIpc) is 2.33. The number of halogens is 3. The van der Waals surface area contributed by atoms with Gasteiger partial charge in [-0.15, -0.1) is 0 Å². The maximum absolute atomic E-state index is 14.3. The molecule has 1 rings (SSSR count). The molecule has 2 atom stereocenters. The lowest BCUT2D eigenvalue weighted by Gasteiger charge is -2.31. The van der Waals surface area contributed by atoms with Crippen LogP contribution in [0, 0.1) is 23.0 Å². The molecule has 1 N–H and O–H groups in total. The molecular formula is C16H24BrF2N. The first-order valence-corrected chi connectivity index (χ1v) is 7.84. The SMILES string of the molecule is CCNC(CC(C)C(C)(C)C)c1c(F)ccc(Br)c1F. The van der Waals surface area contributed by atoms with Crippen LogP contribution in [0.4, 0.5) is 8.78 Å². The molecule has 0 aliphatic carbocycles. The molecule has 2 unspecified atom stereocenters. The van der Waals surface area contributed by atoms with Gasteiger partial charge in [0.2, 0.25) is 0 Å². The molecule has 1 nitrogen and oxygen atoms in total. The van der Waals surface area contributed by atoms with Crippen molar-refractivity contribution in [3.63, 3.8) is 0 Å². The van der Waals surface area contributed by atoms with Crippen molar-refractivity contribution in [2.75, 3.05) is 6.54 Å². The van der Waals surface area contributed by atoms with Crippen molar-refractivity contribution in [2.45, 2.75) is 47.1 Å². The van der Waals surface area contributed by atoms with Gasteiger partial charge in [-0.2, -0.15) is 0 Å². The summed E-state index contributed by atoms with van der Waals surface area (Å²) in [7, 11) is 0. The third-order valence-electron chi connectivity index (χ3n) is 3.95. The third-order valence-corrected chi connectivity index (χ3v) is 4.56. The topological polar surface area (TPSA) is 12.0 Å². The zero-order valence-corrected chi connectivity index (χ0v) is 14.4. The Labute approximate surface area is 129 Å². The third kappa shape index (κ3) is 4.26. The lowest BCUT2D eigenvalue weighted by atomic mass is 9.77. The summed E-state index contributed by atoms with van der Waals surface area (Å²) in [6.07, 6.45) is 0.696. The maximum atomic E-state index is 14.3. The minimum Gasteiger partial charge on any atom is -0.310 e. The Kier molecular flexibility index (Phi) is 6.14. The molecule has 0 amide bonds. The molecule has 0 saturated heterocycles. The number of hydrogen-bond acceptors (Lipinski definition) is 1. The van der Waals surface area contributed by atoms with Crippen LogP contribution < -0.4 is 5.32 Å². The normalized spacial score (nSPS) is 15.2. The van der Waals surface area contributed by atoms with Gasteiger partial charge >= 0.3 is 0 Å². The number of hydrogen-bond donors (Lipinski definition) is 1. The number of benzene rings is 1. The van der Waals surface area contributed by atoms with Crippen LogP contribution in [0.1, 0.15) is 52.6 Å². The fraction of sp³-hybridized carbons (Fsp3) is 0.625. The second-order valence-corrected chi connectivity index (χ2v) is 7.22. The van der Waals surface area contributed by atoms with E-state index in [0.29, 0.717) is 23.4 Å². The van der Waals surface area contributed by atoms with Gasteiger partial charge in [0.05, 0.1) is 4.47 Å². The maximum Gasteiger partial charge on any atom is 0.145 e. The molecule has 0 bridgehead atoms. The predicted molar refractivity (Wildman–Crippen MR) is 83.7 cm³/mol. The Morgan fingerprint density at radius 3 is 2.35 bits per heavy atom. The van der Waals surface area contributed by atoms with Crippen molar-refractivity contribution < 1.29 is 8.78 Å². The van der Waals surface area contributed by atoms with Gasteiger partial charge < -0.3 is 5.32 Å². The molecule has 0 radical (unpaired) electrons. The van der Waals surface area contributed by atoms with Crippen molar-refractivity contribution in [1.82, 2.24) is 5.32 Å². The Bertz CT molecular complexity index is 455. The van der Waals surface area contributed by atoms with Crippen molar-refractivity contribution >= 4 is 15.9 Å². The molecule has 4 heteroatoms. The molecule has 0 fully saturated rings.